The van der Waals surface area contributed by atoms with Crippen molar-refractivity contribution in [2.75, 3.05) is 13.2 Å². The minimum atomic E-state index is -0.873. The third-order valence-electron chi connectivity index (χ3n) is 2.62. The average molecular weight is 245 g/mol. The van der Waals surface area contributed by atoms with Crippen molar-refractivity contribution in [3.8, 4) is 0 Å². The summed E-state index contributed by atoms with van der Waals surface area (Å²) < 4.78 is 0. The monoisotopic (exact) mass is 245 g/mol. The Hall–Kier alpha value is -1.10. The van der Waals surface area contributed by atoms with Gasteiger partial charge in [0.05, 0.1) is 0 Å². The molecule has 0 aliphatic heterocycles. The highest BCUT2D eigenvalue weighted by atomic mass is 16.4. The lowest BCUT2D eigenvalue weighted by molar-refractivity contribution is -0.137. The average Bonchev–Trinajstić information content (AvgIpc) is 2.26. The topological polar surface area (TPSA) is 86.6 Å². The van der Waals surface area contributed by atoms with Crippen LogP contribution < -0.4 is 5.32 Å². The molecule has 0 saturated carbocycles. The maximum absolute atomic E-state index is 11.4. The van der Waals surface area contributed by atoms with Crippen LogP contribution >= 0.6 is 0 Å². The van der Waals surface area contributed by atoms with Gasteiger partial charge in [0.25, 0.3) is 0 Å². The number of carboxylic acids is 1. The molecule has 0 bridgehead atoms. The Morgan fingerprint density at radius 3 is 2.47 bits per heavy atom. The molecule has 17 heavy (non-hydrogen) atoms. The van der Waals surface area contributed by atoms with Crippen molar-refractivity contribution in [3.05, 3.63) is 0 Å². The Morgan fingerprint density at radius 1 is 1.24 bits per heavy atom. The van der Waals surface area contributed by atoms with Crippen LogP contribution in [0.25, 0.3) is 0 Å². The van der Waals surface area contributed by atoms with Crippen LogP contribution in [0.2, 0.25) is 0 Å². The van der Waals surface area contributed by atoms with Crippen LogP contribution in [-0.2, 0) is 9.59 Å². The lowest BCUT2D eigenvalue weighted by Gasteiger charge is -2.15. The largest absolute Gasteiger partial charge is 0.481 e. The fraction of sp³-hybridized carbons (Fsp3) is 0.833. The van der Waals surface area contributed by atoms with Gasteiger partial charge in [-0.25, -0.2) is 0 Å². The Labute approximate surface area is 102 Å². The molecule has 0 aromatic carbocycles. The number of aliphatic hydroxyl groups is 1. The number of hydrogen-bond acceptors (Lipinski definition) is 3. The lowest BCUT2D eigenvalue weighted by atomic mass is 10.0. The van der Waals surface area contributed by atoms with E-state index in [0.717, 1.165) is 12.8 Å². The first-order chi connectivity index (χ1) is 8.10. The first-order valence-corrected chi connectivity index (χ1v) is 6.19. The van der Waals surface area contributed by atoms with Crippen LogP contribution in [0.4, 0.5) is 0 Å². The van der Waals surface area contributed by atoms with E-state index in [1.165, 1.54) is 0 Å². The smallest absolute Gasteiger partial charge is 0.303 e. The van der Waals surface area contributed by atoms with Crippen molar-refractivity contribution < 1.29 is 19.8 Å². The molecule has 5 nitrogen and oxygen atoms in total. The summed E-state index contributed by atoms with van der Waals surface area (Å²) in [7, 11) is 0. The van der Waals surface area contributed by atoms with Gasteiger partial charge in [0, 0.05) is 26.0 Å². The highest BCUT2D eigenvalue weighted by Crippen LogP contribution is 2.09. The van der Waals surface area contributed by atoms with Gasteiger partial charge in [-0.2, -0.15) is 0 Å². The maximum atomic E-state index is 11.4. The summed E-state index contributed by atoms with van der Waals surface area (Å²) in [5.41, 5.74) is 0. The van der Waals surface area contributed by atoms with E-state index in [1.54, 1.807) is 0 Å². The zero-order valence-corrected chi connectivity index (χ0v) is 10.4. The Balaban J connectivity index is 3.68. The molecule has 0 saturated heterocycles. The molecule has 0 heterocycles. The number of rotatable bonds is 10. The van der Waals surface area contributed by atoms with Gasteiger partial charge >= 0.3 is 5.97 Å². The van der Waals surface area contributed by atoms with E-state index in [4.69, 9.17) is 10.2 Å². The molecule has 0 fully saturated rings. The van der Waals surface area contributed by atoms with E-state index in [-0.39, 0.29) is 25.4 Å². The zero-order chi connectivity index (χ0) is 13.1. The summed E-state index contributed by atoms with van der Waals surface area (Å²) in [6, 6.07) is 0. The normalized spacial score (nSPS) is 12.1. The number of nitrogens with one attached hydrogen (secondary N) is 1. The predicted octanol–water partition coefficient (Wildman–Crippen LogP) is 1.16. The second-order valence-corrected chi connectivity index (χ2v) is 4.22. The Morgan fingerprint density at radius 2 is 1.94 bits per heavy atom. The van der Waals surface area contributed by atoms with Crippen molar-refractivity contribution in [2.24, 2.45) is 5.92 Å². The number of aliphatic carboxylic acids is 1. The highest BCUT2D eigenvalue weighted by Gasteiger charge is 2.09. The van der Waals surface area contributed by atoms with Gasteiger partial charge in [-0.05, 0) is 25.2 Å². The van der Waals surface area contributed by atoms with Gasteiger partial charge in [-0.15, -0.1) is 0 Å². The molecular weight excluding hydrogens is 222 g/mol. The first kappa shape index (κ1) is 15.9. The van der Waals surface area contributed by atoms with E-state index >= 15 is 0 Å². The second-order valence-electron chi connectivity index (χ2n) is 4.22. The molecule has 5 heteroatoms. The van der Waals surface area contributed by atoms with Gasteiger partial charge in [0.15, 0.2) is 0 Å². The van der Waals surface area contributed by atoms with Crippen molar-refractivity contribution in [1.29, 1.82) is 0 Å². The molecule has 0 aromatic rings. The molecule has 0 rings (SSSR count). The SMILES string of the molecule is CCCC(CCO)CNC(=O)CCCC(=O)O. The van der Waals surface area contributed by atoms with Gasteiger partial charge in [-0.3, -0.25) is 9.59 Å². The molecule has 0 aliphatic rings. The lowest BCUT2D eigenvalue weighted by Crippen LogP contribution is -2.29. The van der Waals surface area contributed by atoms with Crippen LogP contribution in [-0.4, -0.2) is 35.2 Å². The van der Waals surface area contributed by atoms with Gasteiger partial charge < -0.3 is 15.5 Å². The van der Waals surface area contributed by atoms with Crippen molar-refractivity contribution in [2.45, 2.75) is 45.4 Å². The van der Waals surface area contributed by atoms with Crippen molar-refractivity contribution in [3.63, 3.8) is 0 Å². The van der Waals surface area contributed by atoms with Gasteiger partial charge in [0.2, 0.25) is 5.91 Å². The summed E-state index contributed by atoms with van der Waals surface area (Å²) in [6.45, 7) is 2.78. The summed E-state index contributed by atoms with van der Waals surface area (Å²) in [5, 5.41) is 20.1. The first-order valence-electron chi connectivity index (χ1n) is 6.19. The van der Waals surface area contributed by atoms with E-state index in [9.17, 15) is 9.59 Å². The molecule has 3 N–H and O–H groups in total. The van der Waals surface area contributed by atoms with Gasteiger partial charge in [-0.1, -0.05) is 13.3 Å². The van der Waals surface area contributed by atoms with Crippen molar-refractivity contribution in [1.82, 2.24) is 5.32 Å². The Bertz CT molecular complexity index is 225. The minimum absolute atomic E-state index is 0.0302. The zero-order valence-electron chi connectivity index (χ0n) is 10.4. The third kappa shape index (κ3) is 9.81. The summed E-state index contributed by atoms with van der Waals surface area (Å²) in [5.74, 6) is -0.666. The minimum Gasteiger partial charge on any atom is -0.481 e. The maximum Gasteiger partial charge on any atom is 0.303 e. The summed E-state index contributed by atoms with van der Waals surface area (Å²) in [4.78, 5) is 21.6. The number of carboxylic acid groups (broad SMARTS) is 1. The van der Waals surface area contributed by atoms with E-state index in [1.807, 2.05) is 0 Å². The van der Waals surface area contributed by atoms with Crippen LogP contribution in [0.5, 0.6) is 0 Å². The van der Waals surface area contributed by atoms with E-state index in [2.05, 4.69) is 12.2 Å². The van der Waals surface area contributed by atoms with Crippen LogP contribution in [0.1, 0.15) is 45.4 Å². The number of carbonyl (C=O) groups is 2. The molecule has 1 atom stereocenters. The molecule has 1 unspecified atom stereocenters. The quantitative estimate of drug-likeness (QED) is 0.539. The molecular formula is C12H23NO4. The number of hydrogen-bond donors (Lipinski definition) is 3. The highest BCUT2D eigenvalue weighted by molar-refractivity contribution is 5.76. The number of aliphatic hydroxyl groups excluding tert-OH is 1. The molecule has 0 aliphatic carbocycles. The molecule has 100 valence electrons. The fourth-order valence-corrected chi connectivity index (χ4v) is 1.69. The van der Waals surface area contributed by atoms with Gasteiger partial charge in [0.1, 0.15) is 0 Å². The summed E-state index contributed by atoms with van der Waals surface area (Å²) in [6.07, 6.45) is 3.37. The molecule has 1 amide bonds. The van der Waals surface area contributed by atoms with Crippen LogP contribution in [0, 0.1) is 5.92 Å². The summed E-state index contributed by atoms with van der Waals surface area (Å²) >= 11 is 0. The Kier molecular flexibility index (Phi) is 9.43. The fourth-order valence-electron chi connectivity index (χ4n) is 1.69. The molecule has 0 aromatic heterocycles. The number of carbonyl (C=O) groups excluding carboxylic acids is 1. The van der Waals surface area contributed by atoms with E-state index < -0.39 is 5.97 Å². The standard InChI is InChI=1S/C12H23NO4/c1-2-4-10(7-8-14)9-13-11(15)5-3-6-12(16)17/h10,14H,2-9H2,1H3,(H,13,15)(H,16,17). The number of amides is 1. The van der Waals surface area contributed by atoms with Crippen LogP contribution in [0.15, 0.2) is 0 Å². The van der Waals surface area contributed by atoms with E-state index in [0.29, 0.717) is 25.3 Å². The molecule has 0 radical (unpaired) electrons. The second kappa shape index (κ2) is 10.1. The van der Waals surface area contributed by atoms with Crippen LogP contribution in [0.3, 0.4) is 0 Å². The van der Waals surface area contributed by atoms with Crippen molar-refractivity contribution >= 4 is 11.9 Å². The molecule has 0 spiro atoms. The predicted molar refractivity (Wildman–Crippen MR) is 64.6 cm³/mol. The third-order valence-corrected chi connectivity index (χ3v) is 2.62.